The molecule has 0 N–H and O–H groups in total. The van der Waals surface area contributed by atoms with Gasteiger partial charge in [-0.2, -0.15) is 0 Å². The summed E-state index contributed by atoms with van der Waals surface area (Å²) >= 11 is 13.8. The third-order valence-corrected chi connectivity index (χ3v) is 7.84. The zero-order valence-corrected chi connectivity index (χ0v) is 21.4. The third kappa shape index (κ3) is 3.66. The average molecular weight is 510 g/mol. The molecule has 0 radical (unpaired) electrons. The van der Waals surface area contributed by atoms with Crippen molar-refractivity contribution in [2.45, 2.75) is 34.2 Å². The Morgan fingerprint density at radius 2 is 1.76 bits per heavy atom. The molecule has 34 heavy (non-hydrogen) atoms. The van der Waals surface area contributed by atoms with Crippen LogP contribution in [0.2, 0.25) is 10.0 Å². The van der Waals surface area contributed by atoms with Gasteiger partial charge in [-0.1, -0.05) is 52.2 Å². The average Bonchev–Trinajstić information content (AvgIpc) is 3.22. The molecule has 5 nitrogen and oxygen atoms in total. The van der Waals surface area contributed by atoms with Crippen molar-refractivity contribution in [2.75, 3.05) is 0 Å². The number of halogens is 2. The number of thiazole rings is 1. The number of fused-ring (bicyclic) bond motifs is 2. The summed E-state index contributed by atoms with van der Waals surface area (Å²) in [5, 5.41) is 2.23. The van der Waals surface area contributed by atoms with Crippen molar-refractivity contribution in [3.63, 3.8) is 0 Å². The van der Waals surface area contributed by atoms with E-state index < -0.39 is 0 Å². The molecule has 0 aliphatic heterocycles. The van der Waals surface area contributed by atoms with Crippen LogP contribution >= 0.6 is 34.5 Å². The van der Waals surface area contributed by atoms with Crippen molar-refractivity contribution in [3.05, 3.63) is 105 Å². The second kappa shape index (κ2) is 8.38. The number of aryl methyl sites for hydroxylation is 2. The van der Waals surface area contributed by atoms with Gasteiger partial charge in [0.25, 0.3) is 11.1 Å². The number of benzene rings is 2. The molecule has 3 heterocycles. The summed E-state index contributed by atoms with van der Waals surface area (Å²) in [4.78, 5) is 30.8. The van der Waals surface area contributed by atoms with E-state index in [-0.39, 0.29) is 11.1 Å². The van der Waals surface area contributed by atoms with Gasteiger partial charge >= 0.3 is 0 Å². The van der Waals surface area contributed by atoms with Gasteiger partial charge in [0, 0.05) is 50.0 Å². The van der Waals surface area contributed by atoms with E-state index in [1.54, 1.807) is 19.9 Å². The van der Waals surface area contributed by atoms with Crippen molar-refractivity contribution in [1.82, 2.24) is 14.0 Å². The standard InChI is InChI=1S/C26H21Cl2N3O2S/c1-13-5-8-22-20(9-13)19(16(4)30(22)12-17-6-7-18(27)10-21(17)28)11-23-25(33)31-24(32)14(2)15(3)29-26(31)34-23/h5-11H,12H2,1-4H3/b23-11-. The lowest BCUT2D eigenvalue weighted by Crippen LogP contribution is -2.32. The molecule has 3 aromatic heterocycles. The molecule has 0 aliphatic rings. The molecular formula is C26H21Cl2N3O2S. The van der Waals surface area contributed by atoms with E-state index in [4.69, 9.17) is 23.2 Å². The van der Waals surface area contributed by atoms with E-state index in [9.17, 15) is 9.59 Å². The molecule has 2 aromatic carbocycles. The SMILES string of the molecule is Cc1ccc2c(c1)c(/C=c1\sc3nc(C)c(C)c(=O)n3c1=O)c(C)n2Cc1ccc(Cl)cc1Cl. The summed E-state index contributed by atoms with van der Waals surface area (Å²) in [5.74, 6) is 0. The Labute approximate surface area is 209 Å². The Morgan fingerprint density at radius 1 is 1.00 bits per heavy atom. The van der Waals surface area contributed by atoms with E-state index in [1.165, 1.54) is 15.7 Å². The molecule has 8 heteroatoms. The molecule has 0 saturated carbocycles. The number of hydrogen-bond acceptors (Lipinski definition) is 4. The van der Waals surface area contributed by atoms with Crippen molar-refractivity contribution in [3.8, 4) is 0 Å². The van der Waals surface area contributed by atoms with Gasteiger partial charge in [-0.05, 0) is 63.6 Å². The van der Waals surface area contributed by atoms with Gasteiger partial charge in [0.1, 0.15) is 0 Å². The molecule has 0 saturated heterocycles. The highest BCUT2D eigenvalue weighted by atomic mass is 35.5. The summed E-state index contributed by atoms with van der Waals surface area (Å²) in [6.45, 7) is 8.11. The minimum absolute atomic E-state index is 0.309. The Morgan fingerprint density at radius 3 is 2.50 bits per heavy atom. The number of hydrogen-bond donors (Lipinski definition) is 0. The lowest BCUT2D eigenvalue weighted by molar-refractivity contribution is 0.804. The predicted molar refractivity (Wildman–Crippen MR) is 141 cm³/mol. The fourth-order valence-electron chi connectivity index (χ4n) is 4.24. The van der Waals surface area contributed by atoms with Crippen molar-refractivity contribution < 1.29 is 0 Å². The van der Waals surface area contributed by atoms with Gasteiger partial charge in [-0.15, -0.1) is 0 Å². The van der Waals surface area contributed by atoms with Crippen LogP contribution in [0.3, 0.4) is 0 Å². The van der Waals surface area contributed by atoms with Crippen LogP contribution in [0.4, 0.5) is 0 Å². The Balaban J connectivity index is 1.78. The van der Waals surface area contributed by atoms with Crippen molar-refractivity contribution in [2.24, 2.45) is 0 Å². The highest BCUT2D eigenvalue weighted by Gasteiger charge is 2.16. The van der Waals surface area contributed by atoms with E-state index in [0.717, 1.165) is 33.3 Å². The molecule has 0 bridgehead atoms. The van der Waals surface area contributed by atoms with Gasteiger partial charge in [-0.3, -0.25) is 9.59 Å². The number of aromatic nitrogens is 3. The van der Waals surface area contributed by atoms with Gasteiger partial charge in [0.05, 0.1) is 4.53 Å². The van der Waals surface area contributed by atoms with Crippen LogP contribution in [0, 0.1) is 27.7 Å². The number of rotatable bonds is 3. The van der Waals surface area contributed by atoms with Crippen LogP contribution in [0.25, 0.3) is 21.9 Å². The molecule has 0 unspecified atom stereocenters. The van der Waals surface area contributed by atoms with Crippen LogP contribution in [0.15, 0.2) is 46.0 Å². The summed E-state index contributed by atoms with van der Waals surface area (Å²) < 4.78 is 3.83. The Kier molecular flexibility index (Phi) is 5.63. The van der Waals surface area contributed by atoms with E-state index >= 15 is 0 Å². The van der Waals surface area contributed by atoms with Gasteiger partial charge in [-0.25, -0.2) is 9.38 Å². The minimum atomic E-state index is -0.339. The van der Waals surface area contributed by atoms with Crippen LogP contribution in [-0.2, 0) is 6.54 Å². The molecular weight excluding hydrogens is 489 g/mol. The smallest absolute Gasteiger partial charge is 0.277 e. The first kappa shape index (κ1) is 22.8. The van der Waals surface area contributed by atoms with Crippen molar-refractivity contribution >= 4 is 56.5 Å². The molecule has 0 amide bonds. The highest BCUT2D eigenvalue weighted by molar-refractivity contribution is 7.15. The molecule has 0 aliphatic carbocycles. The predicted octanol–water partition coefficient (Wildman–Crippen LogP) is 5.21. The summed E-state index contributed by atoms with van der Waals surface area (Å²) in [6, 6.07) is 11.8. The fraction of sp³-hybridized carbons (Fsp3) is 0.192. The maximum absolute atomic E-state index is 13.2. The zero-order chi connectivity index (χ0) is 24.3. The van der Waals surface area contributed by atoms with E-state index in [2.05, 4.69) is 27.8 Å². The second-order valence-electron chi connectivity index (χ2n) is 8.50. The molecule has 5 rings (SSSR count). The first-order valence-electron chi connectivity index (χ1n) is 10.7. The molecule has 0 fully saturated rings. The highest BCUT2D eigenvalue weighted by Crippen LogP contribution is 2.30. The Bertz CT molecular complexity index is 1800. The first-order chi connectivity index (χ1) is 16.2. The maximum atomic E-state index is 13.2. The number of nitrogens with zero attached hydrogens (tertiary/aromatic N) is 3. The maximum Gasteiger partial charge on any atom is 0.277 e. The summed E-state index contributed by atoms with van der Waals surface area (Å²) in [5.41, 5.74) is 5.52. The fourth-order valence-corrected chi connectivity index (χ4v) is 5.70. The van der Waals surface area contributed by atoms with Crippen LogP contribution in [-0.4, -0.2) is 14.0 Å². The lowest BCUT2D eigenvalue weighted by atomic mass is 10.1. The van der Waals surface area contributed by atoms with Crippen LogP contribution in [0.5, 0.6) is 0 Å². The van der Waals surface area contributed by atoms with E-state index in [0.29, 0.717) is 37.3 Å². The van der Waals surface area contributed by atoms with Crippen LogP contribution < -0.4 is 15.7 Å². The zero-order valence-electron chi connectivity index (χ0n) is 19.1. The normalized spacial score (nSPS) is 12.4. The summed E-state index contributed by atoms with van der Waals surface area (Å²) in [7, 11) is 0. The lowest BCUT2D eigenvalue weighted by Gasteiger charge is -2.11. The van der Waals surface area contributed by atoms with Gasteiger partial charge in [0.15, 0.2) is 0 Å². The topological polar surface area (TPSA) is 56.4 Å². The monoisotopic (exact) mass is 509 g/mol. The quantitative estimate of drug-likeness (QED) is 0.335. The van der Waals surface area contributed by atoms with Gasteiger partial charge in [0.2, 0.25) is 4.96 Å². The molecule has 172 valence electrons. The Hall–Kier alpha value is -2.93. The third-order valence-electron chi connectivity index (χ3n) is 6.28. The van der Waals surface area contributed by atoms with Crippen LogP contribution in [0.1, 0.15) is 33.6 Å². The first-order valence-corrected chi connectivity index (χ1v) is 12.3. The summed E-state index contributed by atoms with van der Waals surface area (Å²) in [6.07, 6.45) is 1.88. The van der Waals surface area contributed by atoms with E-state index in [1.807, 2.05) is 32.1 Å². The molecule has 0 atom stereocenters. The van der Waals surface area contributed by atoms with Crippen molar-refractivity contribution in [1.29, 1.82) is 0 Å². The largest absolute Gasteiger partial charge is 0.340 e. The van der Waals surface area contributed by atoms with Gasteiger partial charge < -0.3 is 4.57 Å². The minimum Gasteiger partial charge on any atom is -0.340 e. The second-order valence-corrected chi connectivity index (χ2v) is 10.4. The molecule has 5 aromatic rings. The molecule has 0 spiro atoms.